The smallest absolute Gasteiger partial charge is 0.367 e. The third-order valence-corrected chi connectivity index (χ3v) is 2.84. The van der Waals surface area contributed by atoms with Crippen LogP contribution >= 0.6 is 11.8 Å². The number of hydrogen-bond acceptors (Lipinski definition) is 7. The van der Waals surface area contributed by atoms with Gasteiger partial charge in [0.25, 0.3) is 0 Å². The monoisotopic (exact) mass is 276 g/mol. The fraction of sp³-hybridized carbons (Fsp3) is 0.636. The molecule has 0 amide bonds. The molecule has 1 heterocycles. The summed E-state index contributed by atoms with van der Waals surface area (Å²) in [6.45, 7) is 6.22. The van der Waals surface area contributed by atoms with Crippen LogP contribution < -0.4 is 0 Å². The maximum atomic E-state index is 11.4. The molecule has 0 atom stereocenters. The van der Waals surface area contributed by atoms with Gasteiger partial charge in [-0.05, 0) is 18.7 Å². The molecule has 102 valence electrons. The van der Waals surface area contributed by atoms with E-state index in [1.54, 1.807) is 6.92 Å². The highest BCUT2D eigenvalue weighted by atomic mass is 32.2. The van der Waals surface area contributed by atoms with Gasteiger partial charge in [-0.15, -0.1) is 0 Å². The number of esters is 1. The quantitative estimate of drug-likeness (QED) is 0.426. The number of carbonyl (C=O) groups is 2. The minimum absolute atomic E-state index is 0.0235. The van der Waals surface area contributed by atoms with Gasteiger partial charge in [0.15, 0.2) is 0 Å². The highest BCUT2D eigenvalue weighted by Crippen LogP contribution is 2.17. The topological polar surface area (TPSA) is 71.1 Å². The Kier molecular flexibility index (Phi) is 6.77. The molecule has 1 rings (SSSR count). The van der Waals surface area contributed by atoms with E-state index in [9.17, 15) is 9.59 Å². The zero-order chi connectivity index (χ0) is 13.4. The minimum atomic E-state index is -0.493. The largest absolute Gasteiger partial charge is 0.459 e. The van der Waals surface area contributed by atoms with Gasteiger partial charge in [-0.25, -0.2) is 9.59 Å². The first-order valence-corrected chi connectivity index (χ1v) is 6.29. The summed E-state index contributed by atoms with van der Waals surface area (Å²) >= 11 is 1.02. The van der Waals surface area contributed by atoms with Crippen LogP contribution in [-0.2, 0) is 23.7 Å². The first kappa shape index (κ1) is 15.0. The van der Waals surface area contributed by atoms with E-state index in [1.165, 1.54) is 0 Å². The normalized spacial score (nSPS) is 16.1. The predicted molar refractivity (Wildman–Crippen MR) is 65.3 cm³/mol. The Morgan fingerprint density at radius 1 is 1.28 bits per heavy atom. The number of carbonyl (C=O) groups excluding carboxylic acids is 2. The zero-order valence-electron chi connectivity index (χ0n) is 10.2. The van der Waals surface area contributed by atoms with Crippen molar-refractivity contribution in [3.63, 3.8) is 0 Å². The molecule has 1 saturated heterocycles. The predicted octanol–water partition coefficient (Wildman–Crippen LogP) is 1.35. The van der Waals surface area contributed by atoms with Crippen molar-refractivity contribution in [2.45, 2.75) is 12.2 Å². The van der Waals surface area contributed by atoms with E-state index >= 15 is 0 Å². The van der Waals surface area contributed by atoms with Crippen molar-refractivity contribution < 1.29 is 28.5 Å². The fourth-order valence-corrected chi connectivity index (χ4v) is 1.84. The first-order valence-electron chi connectivity index (χ1n) is 5.41. The molecule has 1 aliphatic rings. The molecule has 0 bridgehead atoms. The Balaban J connectivity index is 2.06. The van der Waals surface area contributed by atoms with E-state index in [4.69, 9.17) is 18.9 Å². The Morgan fingerprint density at radius 2 is 1.89 bits per heavy atom. The Hall–Kier alpha value is -1.05. The van der Waals surface area contributed by atoms with Gasteiger partial charge >= 0.3 is 11.3 Å². The lowest BCUT2D eigenvalue weighted by Crippen LogP contribution is -2.27. The standard InChI is InChI=1S/C11H16O6S/c1-8(2)10(12)16-3-4-17-11(13)18-9-5-14-7-15-6-9/h9H,1,3-7H2,2H3. The highest BCUT2D eigenvalue weighted by molar-refractivity contribution is 8.13. The molecule has 0 aliphatic carbocycles. The molecule has 0 aromatic rings. The molecule has 0 unspecified atom stereocenters. The van der Waals surface area contributed by atoms with Crippen LogP contribution in [-0.4, -0.2) is 49.7 Å². The lowest BCUT2D eigenvalue weighted by molar-refractivity contribution is -0.139. The molecule has 6 nitrogen and oxygen atoms in total. The summed E-state index contributed by atoms with van der Waals surface area (Å²) in [7, 11) is 0. The Labute approximate surface area is 110 Å². The van der Waals surface area contributed by atoms with Gasteiger partial charge in [-0.3, -0.25) is 0 Å². The Morgan fingerprint density at radius 3 is 2.50 bits per heavy atom. The Bertz CT molecular complexity index is 311. The van der Waals surface area contributed by atoms with Crippen molar-refractivity contribution in [1.29, 1.82) is 0 Å². The van der Waals surface area contributed by atoms with E-state index in [2.05, 4.69) is 6.58 Å². The molecule has 0 saturated carbocycles. The van der Waals surface area contributed by atoms with E-state index < -0.39 is 11.3 Å². The van der Waals surface area contributed by atoms with Crippen molar-refractivity contribution in [1.82, 2.24) is 0 Å². The summed E-state index contributed by atoms with van der Waals surface area (Å²) in [6.07, 6.45) is 0. The second-order valence-electron chi connectivity index (χ2n) is 3.61. The van der Waals surface area contributed by atoms with E-state index in [1.807, 2.05) is 0 Å². The average molecular weight is 276 g/mol. The van der Waals surface area contributed by atoms with Gasteiger partial charge in [0, 0.05) is 5.57 Å². The van der Waals surface area contributed by atoms with Crippen molar-refractivity contribution >= 4 is 23.0 Å². The van der Waals surface area contributed by atoms with Gasteiger partial charge in [-0.2, -0.15) is 0 Å². The molecule has 18 heavy (non-hydrogen) atoms. The fourth-order valence-electron chi connectivity index (χ4n) is 1.09. The SMILES string of the molecule is C=C(C)C(=O)OCCOC(=O)SC1COCOC1. The minimum Gasteiger partial charge on any atom is -0.459 e. The van der Waals surface area contributed by atoms with E-state index in [0.29, 0.717) is 18.8 Å². The summed E-state index contributed by atoms with van der Waals surface area (Å²) in [5.74, 6) is -0.493. The maximum absolute atomic E-state index is 11.4. The van der Waals surface area contributed by atoms with Crippen LogP contribution in [0.25, 0.3) is 0 Å². The lowest BCUT2D eigenvalue weighted by atomic mass is 10.4. The molecule has 1 fully saturated rings. The van der Waals surface area contributed by atoms with Crippen LogP contribution in [0, 0.1) is 0 Å². The second-order valence-corrected chi connectivity index (χ2v) is 4.85. The maximum Gasteiger partial charge on any atom is 0.367 e. The summed E-state index contributed by atoms with van der Waals surface area (Å²) in [5.41, 5.74) is 0.312. The molecular formula is C11H16O6S. The summed E-state index contributed by atoms with van der Waals surface area (Å²) in [4.78, 5) is 22.4. The van der Waals surface area contributed by atoms with Gasteiger partial charge in [0.05, 0.1) is 18.5 Å². The van der Waals surface area contributed by atoms with Crippen LogP contribution in [0.5, 0.6) is 0 Å². The van der Waals surface area contributed by atoms with E-state index in [0.717, 1.165) is 11.8 Å². The molecule has 0 aromatic carbocycles. The van der Waals surface area contributed by atoms with Crippen molar-refractivity contribution in [3.8, 4) is 0 Å². The van der Waals surface area contributed by atoms with Gasteiger partial charge in [0.2, 0.25) is 0 Å². The number of hydrogen-bond donors (Lipinski definition) is 0. The van der Waals surface area contributed by atoms with Crippen molar-refractivity contribution in [3.05, 3.63) is 12.2 Å². The third kappa shape index (κ3) is 6.04. The van der Waals surface area contributed by atoms with Gasteiger partial charge < -0.3 is 18.9 Å². The average Bonchev–Trinajstić information content (AvgIpc) is 2.35. The number of thioether (sulfide) groups is 1. The molecule has 7 heteroatoms. The molecule has 0 N–H and O–H groups in total. The number of ether oxygens (including phenoxy) is 4. The van der Waals surface area contributed by atoms with Crippen LogP contribution in [0.2, 0.25) is 0 Å². The number of rotatable bonds is 5. The van der Waals surface area contributed by atoms with Crippen LogP contribution in [0.15, 0.2) is 12.2 Å². The van der Waals surface area contributed by atoms with Crippen molar-refractivity contribution in [2.75, 3.05) is 33.2 Å². The molecular weight excluding hydrogens is 260 g/mol. The van der Waals surface area contributed by atoms with Gasteiger partial charge in [-0.1, -0.05) is 6.58 Å². The van der Waals surface area contributed by atoms with E-state index in [-0.39, 0.29) is 25.3 Å². The molecule has 0 aromatic heterocycles. The molecule has 1 aliphatic heterocycles. The van der Waals surface area contributed by atoms with Crippen molar-refractivity contribution in [2.24, 2.45) is 0 Å². The summed E-state index contributed by atoms with van der Waals surface area (Å²) in [6, 6.07) is 0. The van der Waals surface area contributed by atoms with Crippen LogP contribution in [0.4, 0.5) is 4.79 Å². The highest BCUT2D eigenvalue weighted by Gasteiger charge is 2.19. The van der Waals surface area contributed by atoms with Gasteiger partial charge in [0.1, 0.15) is 20.0 Å². The second kappa shape index (κ2) is 8.12. The molecule has 0 radical (unpaired) electrons. The van der Waals surface area contributed by atoms with Crippen LogP contribution in [0.1, 0.15) is 6.92 Å². The summed E-state index contributed by atoms with van der Waals surface area (Å²) < 4.78 is 19.7. The first-order chi connectivity index (χ1) is 8.59. The van der Waals surface area contributed by atoms with Crippen LogP contribution in [0.3, 0.4) is 0 Å². The summed E-state index contributed by atoms with van der Waals surface area (Å²) in [5, 5.41) is -0.482. The molecule has 0 spiro atoms. The lowest BCUT2D eigenvalue weighted by Gasteiger charge is -2.20. The zero-order valence-corrected chi connectivity index (χ0v) is 11.0. The third-order valence-electron chi connectivity index (χ3n) is 1.92.